The second-order valence-corrected chi connectivity index (χ2v) is 5.46. The summed E-state index contributed by atoms with van der Waals surface area (Å²) in [6.45, 7) is 1.55. The molecule has 8 heteroatoms. The van der Waals surface area contributed by atoms with Gasteiger partial charge in [-0.2, -0.15) is 0 Å². The molecule has 1 amide bonds. The van der Waals surface area contributed by atoms with Gasteiger partial charge in [-0.1, -0.05) is 6.07 Å². The molecule has 124 valence electrons. The van der Waals surface area contributed by atoms with Crippen molar-refractivity contribution >= 4 is 11.6 Å². The van der Waals surface area contributed by atoms with Crippen LogP contribution in [0.3, 0.4) is 0 Å². The monoisotopic (exact) mass is 330 g/mol. The number of pyridine rings is 1. The number of nitrogens with zero attached hydrogens (tertiary/aromatic N) is 3. The molecule has 0 spiro atoms. The smallest absolute Gasteiger partial charge is 0.273 e. The van der Waals surface area contributed by atoms with Crippen LogP contribution in [0.5, 0.6) is 0 Å². The van der Waals surface area contributed by atoms with Gasteiger partial charge in [0.25, 0.3) is 11.6 Å². The summed E-state index contributed by atoms with van der Waals surface area (Å²) in [6, 6.07) is 6.30. The van der Waals surface area contributed by atoms with Gasteiger partial charge in [-0.05, 0) is 17.7 Å². The summed E-state index contributed by atoms with van der Waals surface area (Å²) < 4.78 is 13.6. The molecular weight excluding hydrogens is 315 g/mol. The second-order valence-electron chi connectivity index (χ2n) is 5.46. The van der Waals surface area contributed by atoms with Gasteiger partial charge >= 0.3 is 0 Å². The first kappa shape index (κ1) is 16.0. The molecule has 1 atom stereocenters. The van der Waals surface area contributed by atoms with E-state index < -0.39 is 22.3 Å². The van der Waals surface area contributed by atoms with E-state index in [1.54, 1.807) is 23.4 Å². The molecule has 7 nitrogen and oxygen atoms in total. The van der Waals surface area contributed by atoms with Crippen molar-refractivity contribution in [2.24, 2.45) is 0 Å². The van der Waals surface area contributed by atoms with Gasteiger partial charge in [0.1, 0.15) is 5.82 Å². The fourth-order valence-corrected chi connectivity index (χ4v) is 2.79. The number of amides is 1. The number of rotatable bonds is 3. The van der Waals surface area contributed by atoms with Crippen LogP contribution in [-0.4, -0.2) is 40.3 Å². The summed E-state index contributed by atoms with van der Waals surface area (Å²) in [5.74, 6) is -1.24. The number of carbonyl (C=O) groups excluding carboxylic acids is 1. The third-order valence-electron chi connectivity index (χ3n) is 3.91. The van der Waals surface area contributed by atoms with Crippen LogP contribution < -0.4 is 5.32 Å². The molecule has 1 aliphatic heterocycles. The van der Waals surface area contributed by atoms with Crippen LogP contribution in [0.2, 0.25) is 0 Å². The zero-order valence-electron chi connectivity index (χ0n) is 12.7. The fourth-order valence-electron chi connectivity index (χ4n) is 2.79. The average Bonchev–Trinajstić information content (AvgIpc) is 2.61. The molecule has 1 unspecified atom stereocenters. The highest BCUT2D eigenvalue weighted by molar-refractivity contribution is 5.95. The molecule has 0 radical (unpaired) electrons. The van der Waals surface area contributed by atoms with Gasteiger partial charge in [0, 0.05) is 43.7 Å². The SMILES string of the molecule is O=C(c1cc(F)cc([N+](=O)[O-])c1)N1CCNCC1c1cccnc1. The predicted octanol–water partition coefficient (Wildman–Crippen LogP) is 1.92. The average molecular weight is 330 g/mol. The fraction of sp³-hybridized carbons (Fsp3) is 0.250. The van der Waals surface area contributed by atoms with Gasteiger partial charge in [-0.25, -0.2) is 4.39 Å². The van der Waals surface area contributed by atoms with Crippen molar-refractivity contribution in [2.45, 2.75) is 6.04 Å². The molecular formula is C16H15FN4O3. The largest absolute Gasteiger partial charge is 0.329 e. The molecule has 1 aromatic heterocycles. The lowest BCUT2D eigenvalue weighted by Crippen LogP contribution is -2.48. The first-order valence-electron chi connectivity index (χ1n) is 7.43. The predicted molar refractivity (Wildman–Crippen MR) is 83.9 cm³/mol. The van der Waals surface area contributed by atoms with Crippen LogP contribution >= 0.6 is 0 Å². The van der Waals surface area contributed by atoms with Crippen molar-refractivity contribution in [2.75, 3.05) is 19.6 Å². The van der Waals surface area contributed by atoms with Gasteiger partial charge < -0.3 is 10.2 Å². The zero-order chi connectivity index (χ0) is 17.1. The van der Waals surface area contributed by atoms with Crippen LogP contribution in [0.1, 0.15) is 22.0 Å². The van der Waals surface area contributed by atoms with E-state index in [4.69, 9.17) is 0 Å². The summed E-state index contributed by atoms with van der Waals surface area (Å²) in [7, 11) is 0. The van der Waals surface area contributed by atoms with E-state index >= 15 is 0 Å². The Hall–Kier alpha value is -2.87. The number of hydrogen-bond acceptors (Lipinski definition) is 5. The Morgan fingerprint density at radius 3 is 2.96 bits per heavy atom. The van der Waals surface area contributed by atoms with Crippen molar-refractivity contribution < 1.29 is 14.1 Å². The number of non-ortho nitro benzene ring substituents is 1. The third-order valence-corrected chi connectivity index (χ3v) is 3.91. The van der Waals surface area contributed by atoms with Gasteiger partial charge in [-0.3, -0.25) is 19.9 Å². The van der Waals surface area contributed by atoms with Crippen molar-refractivity contribution in [1.82, 2.24) is 15.2 Å². The van der Waals surface area contributed by atoms with Crippen LogP contribution in [0.25, 0.3) is 0 Å². The minimum Gasteiger partial charge on any atom is -0.329 e. The molecule has 0 saturated carbocycles. The Morgan fingerprint density at radius 1 is 1.42 bits per heavy atom. The van der Waals surface area contributed by atoms with E-state index in [1.165, 1.54) is 0 Å². The number of piperazine rings is 1. The Labute approximate surface area is 137 Å². The summed E-state index contributed by atoms with van der Waals surface area (Å²) in [6.07, 6.45) is 3.31. The number of hydrogen-bond donors (Lipinski definition) is 1. The molecule has 24 heavy (non-hydrogen) atoms. The van der Waals surface area contributed by atoms with Gasteiger partial charge in [0.2, 0.25) is 0 Å². The van der Waals surface area contributed by atoms with Gasteiger partial charge in [0.05, 0.1) is 17.0 Å². The number of nitro benzene ring substituents is 1. The van der Waals surface area contributed by atoms with Crippen molar-refractivity contribution in [1.29, 1.82) is 0 Å². The highest BCUT2D eigenvalue weighted by Gasteiger charge is 2.29. The maximum atomic E-state index is 13.6. The van der Waals surface area contributed by atoms with Crippen LogP contribution in [0, 0.1) is 15.9 Å². The standard InChI is InChI=1S/C16H15FN4O3/c17-13-6-12(7-14(8-13)21(23)24)16(22)20-5-4-19-10-15(20)11-2-1-3-18-9-11/h1-3,6-9,15,19H,4-5,10H2. The summed E-state index contributed by atoms with van der Waals surface area (Å²) in [5.41, 5.74) is 0.382. The Kier molecular flexibility index (Phi) is 4.48. The quantitative estimate of drug-likeness (QED) is 0.686. The molecule has 0 bridgehead atoms. The van der Waals surface area contributed by atoms with Crippen LogP contribution in [0.15, 0.2) is 42.7 Å². The normalized spacial score (nSPS) is 17.5. The Bertz CT molecular complexity index is 769. The van der Waals surface area contributed by atoms with Crippen LogP contribution in [0.4, 0.5) is 10.1 Å². The van der Waals surface area contributed by atoms with E-state index in [-0.39, 0.29) is 11.6 Å². The molecule has 1 N–H and O–H groups in total. The zero-order valence-corrected chi connectivity index (χ0v) is 12.7. The van der Waals surface area contributed by atoms with Gasteiger partial charge in [-0.15, -0.1) is 0 Å². The number of nitrogens with one attached hydrogen (secondary N) is 1. The van der Waals surface area contributed by atoms with E-state index in [0.717, 1.165) is 23.8 Å². The lowest BCUT2D eigenvalue weighted by atomic mass is 10.0. The minimum atomic E-state index is -0.805. The van der Waals surface area contributed by atoms with E-state index in [0.29, 0.717) is 19.6 Å². The van der Waals surface area contributed by atoms with Gasteiger partial charge in [0.15, 0.2) is 0 Å². The number of halogens is 1. The first-order valence-corrected chi connectivity index (χ1v) is 7.43. The maximum absolute atomic E-state index is 13.6. The Morgan fingerprint density at radius 2 is 2.25 bits per heavy atom. The lowest BCUT2D eigenvalue weighted by Gasteiger charge is -2.36. The number of nitro groups is 1. The molecule has 0 aliphatic carbocycles. The van der Waals surface area contributed by atoms with Crippen molar-refractivity contribution in [3.63, 3.8) is 0 Å². The maximum Gasteiger partial charge on any atom is 0.273 e. The highest BCUT2D eigenvalue weighted by atomic mass is 19.1. The summed E-state index contributed by atoms with van der Waals surface area (Å²) >= 11 is 0. The van der Waals surface area contributed by atoms with Crippen LogP contribution in [-0.2, 0) is 0 Å². The van der Waals surface area contributed by atoms with Crippen molar-refractivity contribution in [3.05, 3.63) is 69.8 Å². The Balaban J connectivity index is 1.94. The van der Waals surface area contributed by atoms with E-state index in [1.807, 2.05) is 6.07 Å². The lowest BCUT2D eigenvalue weighted by molar-refractivity contribution is -0.385. The molecule has 3 rings (SSSR count). The number of carbonyl (C=O) groups is 1. The highest BCUT2D eigenvalue weighted by Crippen LogP contribution is 2.25. The summed E-state index contributed by atoms with van der Waals surface area (Å²) in [4.78, 5) is 28.6. The van der Waals surface area contributed by atoms with E-state index in [2.05, 4.69) is 10.3 Å². The topological polar surface area (TPSA) is 88.4 Å². The molecule has 1 aromatic carbocycles. The minimum absolute atomic E-state index is 0.0301. The number of aromatic nitrogens is 1. The molecule has 2 aromatic rings. The molecule has 1 fully saturated rings. The second kappa shape index (κ2) is 6.71. The summed E-state index contributed by atoms with van der Waals surface area (Å²) in [5, 5.41) is 14.1. The molecule has 2 heterocycles. The molecule has 1 saturated heterocycles. The van der Waals surface area contributed by atoms with E-state index in [9.17, 15) is 19.3 Å². The van der Waals surface area contributed by atoms with Crippen molar-refractivity contribution in [3.8, 4) is 0 Å². The first-order chi connectivity index (χ1) is 11.6. The third kappa shape index (κ3) is 3.23. The molecule has 1 aliphatic rings. The number of benzene rings is 1.